The van der Waals surface area contributed by atoms with Gasteiger partial charge in [0.15, 0.2) is 0 Å². The normalized spacial score (nSPS) is 11.4. The summed E-state index contributed by atoms with van der Waals surface area (Å²) in [7, 11) is 0. The van der Waals surface area contributed by atoms with Crippen molar-refractivity contribution < 1.29 is 14.3 Å². The maximum atomic E-state index is 12.5. The maximum Gasteiger partial charge on any atom is 0.303 e. The van der Waals surface area contributed by atoms with E-state index in [0.717, 1.165) is 0 Å². The Labute approximate surface area is 53.7 Å². The molecule has 0 aliphatic heterocycles. The zero-order valence-electron chi connectivity index (χ0n) is 5.65. The molecule has 0 radical (unpaired) electrons. The highest BCUT2D eigenvalue weighted by molar-refractivity contribution is 5.66. The Morgan fingerprint density at radius 2 is 2.11 bits per heavy atom. The molecule has 0 saturated carbocycles. The van der Waals surface area contributed by atoms with Gasteiger partial charge in [0.2, 0.25) is 0 Å². The fraction of sp³-hybridized carbons (Fsp3) is 0.833. The Morgan fingerprint density at radius 3 is 2.22 bits per heavy atom. The Hall–Kier alpha value is -0.600. The molecule has 0 aromatic carbocycles. The van der Waals surface area contributed by atoms with Gasteiger partial charge in [-0.25, -0.2) is 4.39 Å². The maximum absolute atomic E-state index is 12.5. The molecule has 0 fully saturated rings. The first kappa shape index (κ1) is 8.40. The van der Waals surface area contributed by atoms with Crippen molar-refractivity contribution in [2.45, 2.75) is 32.4 Å². The standard InChI is InChI=1S/C6H11FO2/c1-6(2,7)4-3-5(8)9/h3-4H2,1-2H3,(H,8,9). The van der Waals surface area contributed by atoms with Crippen LogP contribution in [0.25, 0.3) is 0 Å². The van der Waals surface area contributed by atoms with E-state index in [2.05, 4.69) is 0 Å². The fourth-order valence-electron chi connectivity index (χ4n) is 0.404. The molecule has 9 heavy (non-hydrogen) atoms. The largest absolute Gasteiger partial charge is 0.481 e. The van der Waals surface area contributed by atoms with Crippen LogP contribution in [0.2, 0.25) is 0 Å². The molecule has 0 amide bonds. The second-order valence-electron chi connectivity index (χ2n) is 2.61. The minimum atomic E-state index is -1.35. The van der Waals surface area contributed by atoms with Crippen LogP contribution in [0.3, 0.4) is 0 Å². The van der Waals surface area contributed by atoms with Gasteiger partial charge >= 0.3 is 5.97 Å². The zero-order chi connectivity index (χ0) is 7.49. The van der Waals surface area contributed by atoms with Gasteiger partial charge in [-0.2, -0.15) is 0 Å². The zero-order valence-corrected chi connectivity index (χ0v) is 5.65. The molecule has 1 N–H and O–H groups in total. The average Bonchev–Trinajstić information content (AvgIpc) is 1.59. The van der Waals surface area contributed by atoms with Gasteiger partial charge in [0.05, 0.1) is 0 Å². The summed E-state index contributed by atoms with van der Waals surface area (Å²) in [6.45, 7) is 2.74. The Morgan fingerprint density at radius 1 is 1.67 bits per heavy atom. The Bertz CT molecular complexity index is 104. The van der Waals surface area contributed by atoms with Gasteiger partial charge in [0.25, 0.3) is 0 Å². The number of alkyl halides is 1. The van der Waals surface area contributed by atoms with Crippen LogP contribution in [0.4, 0.5) is 4.39 Å². The van der Waals surface area contributed by atoms with Crippen molar-refractivity contribution in [3.63, 3.8) is 0 Å². The van der Waals surface area contributed by atoms with E-state index in [0.29, 0.717) is 0 Å². The van der Waals surface area contributed by atoms with Gasteiger partial charge in [-0.3, -0.25) is 4.79 Å². The first-order valence-electron chi connectivity index (χ1n) is 2.82. The molecule has 0 unspecified atom stereocenters. The first-order valence-corrected chi connectivity index (χ1v) is 2.82. The van der Waals surface area contributed by atoms with Crippen LogP contribution in [-0.2, 0) is 4.79 Å². The smallest absolute Gasteiger partial charge is 0.303 e. The lowest BCUT2D eigenvalue weighted by molar-refractivity contribution is -0.137. The molecule has 3 heteroatoms. The van der Waals surface area contributed by atoms with E-state index in [1.54, 1.807) is 0 Å². The lowest BCUT2D eigenvalue weighted by atomic mass is 10.1. The second kappa shape index (κ2) is 2.80. The highest BCUT2D eigenvalue weighted by Crippen LogP contribution is 2.15. The third-order valence-corrected chi connectivity index (χ3v) is 0.933. The number of carbonyl (C=O) groups is 1. The fourth-order valence-corrected chi connectivity index (χ4v) is 0.404. The molecule has 0 spiro atoms. The van der Waals surface area contributed by atoms with Crippen molar-refractivity contribution >= 4 is 5.97 Å². The predicted octanol–water partition coefficient (Wildman–Crippen LogP) is 1.60. The highest BCUT2D eigenvalue weighted by atomic mass is 19.1. The van der Waals surface area contributed by atoms with Crippen molar-refractivity contribution in [1.82, 2.24) is 0 Å². The molecule has 0 heterocycles. The van der Waals surface area contributed by atoms with Crippen molar-refractivity contribution in [2.24, 2.45) is 0 Å². The Balaban J connectivity index is 3.39. The van der Waals surface area contributed by atoms with Gasteiger partial charge in [-0.15, -0.1) is 0 Å². The monoisotopic (exact) mass is 134 g/mol. The average molecular weight is 134 g/mol. The summed E-state index contributed by atoms with van der Waals surface area (Å²) in [5.74, 6) is -0.944. The SMILES string of the molecule is CC(C)(F)CCC(=O)O. The van der Waals surface area contributed by atoms with E-state index in [4.69, 9.17) is 5.11 Å². The van der Waals surface area contributed by atoms with Gasteiger partial charge < -0.3 is 5.11 Å². The molecule has 0 rings (SSSR count). The van der Waals surface area contributed by atoms with E-state index < -0.39 is 11.6 Å². The molecule has 0 atom stereocenters. The van der Waals surface area contributed by atoms with E-state index >= 15 is 0 Å². The summed E-state index contributed by atoms with van der Waals surface area (Å²) < 4.78 is 12.5. The lowest BCUT2D eigenvalue weighted by Crippen LogP contribution is -2.13. The minimum absolute atomic E-state index is 0.0856. The summed E-state index contributed by atoms with van der Waals surface area (Å²) in [5.41, 5.74) is -1.35. The second-order valence-corrected chi connectivity index (χ2v) is 2.61. The lowest BCUT2D eigenvalue weighted by Gasteiger charge is -2.10. The third-order valence-electron chi connectivity index (χ3n) is 0.933. The number of hydrogen-bond acceptors (Lipinski definition) is 1. The topological polar surface area (TPSA) is 37.3 Å². The van der Waals surface area contributed by atoms with Crippen molar-refractivity contribution in [2.75, 3.05) is 0 Å². The molecular weight excluding hydrogens is 123 g/mol. The molecule has 0 bridgehead atoms. The molecule has 54 valence electrons. The van der Waals surface area contributed by atoms with Crippen molar-refractivity contribution in [1.29, 1.82) is 0 Å². The van der Waals surface area contributed by atoms with Crippen LogP contribution in [-0.4, -0.2) is 16.7 Å². The summed E-state index contributed by atoms with van der Waals surface area (Å²) in [6.07, 6.45) is -0.00810. The van der Waals surface area contributed by atoms with Crippen LogP contribution in [0, 0.1) is 0 Å². The first-order chi connectivity index (χ1) is 3.92. The third kappa shape index (κ3) is 7.40. The van der Waals surface area contributed by atoms with E-state index in [9.17, 15) is 9.18 Å². The molecule has 0 aromatic heterocycles. The van der Waals surface area contributed by atoms with Crippen molar-refractivity contribution in [3.05, 3.63) is 0 Å². The molecule has 2 nitrogen and oxygen atoms in total. The highest BCUT2D eigenvalue weighted by Gasteiger charge is 2.16. The predicted molar refractivity (Wildman–Crippen MR) is 32.1 cm³/mol. The summed E-state index contributed by atoms with van der Waals surface area (Å²) in [4.78, 5) is 9.88. The number of hydrogen-bond donors (Lipinski definition) is 1. The van der Waals surface area contributed by atoms with Crippen LogP contribution >= 0.6 is 0 Å². The number of carboxylic acid groups (broad SMARTS) is 1. The molecule has 0 aliphatic rings. The number of rotatable bonds is 3. The molecule has 0 saturated heterocycles. The van der Waals surface area contributed by atoms with Gasteiger partial charge in [0.1, 0.15) is 5.67 Å². The van der Waals surface area contributed by atoms with E-state index in [1.807, 2.05) is 0 Å². The molecule has 0 aromatic rings. The quantitative estimate of drug-likeness (QED) is 0.636. The van der Waals surface area contributed by atoms with Crippen LogP contribution in [0.15, 0.2) is 0 Å². The molecular formula is C6H11FO2. The van der Waals surface area contributed by atoms with Gasteiger partial charge in [-0.1, -0.05) is 0 Å². The number of aliphatic carboxylic acids is 1. The van der Waals surface area contributed by atoms with E-state index in [1.165, 1.54) is 13.8 Å². The summed E-state index contributed by atoms with van der Waals surface area (Å²) >= 11 is 0. The minimum Gasteiger partial charge on any atom is -0.481 e. The van der Waals surface area contributed by atoms with Crippen LogP contribution < -0.4 is 0 Å². The van der Waals surface area contributed by atoms with Gasteiger partial charge in [-0.05, 0) is 20.3 Å². The number of halogens is 1. The van der Waals surface area contributed by atoms with Crippen molar-refractivity contribution in [3.8, 4) is 0 Å². The van der Waals surface area contributed by atoms with Gasteiger partial charge in [0, 0.05) is 6.42 Å². The van der Waals surface area contributed by atoms with Crippen LogP contribution in [0.1, 0.15) is 26.7 Å². The summed E-state index contributed by atoms with van der Waals surface area (Å²) in [6, 6.07) is 0. The van der Waals surface area contributed by atoms with Crippen LogP contribution in [0.5, 0.6) is 0 Å². The summed E-state index contributed by atoms with van der Waals surface area (Å²) in [5, 5.41) is 8.11. The number of carboxylic acids is 1. The van der Waals surface area contributed by atoms with E-state index in [-0.39, 0.29) is 12.8 Å². The molecule has 0 aliphatic carbocycles. The Kier molecular flexibility index (Phi) is 2.62.